The molecule has 0 bridgehead atoms. The van der Waals surface area contributed by atoms with Crippen molar-refractivity contribution in [2.24, 2.45) is 0 Å². The molecule has 3 rings (SSSR count). The van der Waals surface area contributed by atoms with Gasteiger partial charge in [0.05, 0.1) is 17.9 Å². The van der Waals surface area contributed by atoms with Crippen LogP contribution in [0.2, 0.25) is 0 Å². The van der Waals surface area contributed by atoms with E-state index in [-0.39, 0.29) is 24.1 Å². The minimum absolute atomic E-state index is 0.00939. The summed E-state index contributed by atoms with van der Waals surface area (Å²) >= 11 is 0. The van der Waals surface area contributed by atoms with Crippen LogP contribution in [0.5, 0.6) is 0 Å². The predicted octanol–water partition coefficient (Wildman–Crippen LogP) is 4.41. The van der Waals surface area contributed by atoms with Crippen molar-refractivity contribution >= 4 is 27.4 Å². The van der Waals surface area contributed by atoms with Crippen LogP contribution in [0.1, 0.15) is 55.8 Å². The highest BCUT2D eigenvalue weighted by Gasteiger charge is 2.34. The number of sulfonamides is 1. The van der Waals surface area contributed by atoms with Crippen LogP contribution in [0.4, 0.5) is 29.1 Å². The quantitative estimate of drug-likeness (QED) is 0.532. The largest absolute Gasteiger partial charge is 0.433 e. The van der Waals surface area contributed by atoms with Gasteiger partial charge in [-0.05, 0) is 56.9 Å². The number of halogens is 4. The number of nitrogens with one attached hydrogen (secondary N) is 2. The number of hydrogen-bond acceptors (Lipinski definition) is 5. The molecule has 2 unspecified atom stereocenters. The van der Waals surface area contributed by atoms with Gasteiger partial charge in [-0.2, -0.15) is 13.2 Å². The van der Waals surface area contributed by atoms with Crippen LogP contribution < -0.4 is 14.9 Å². The average molecular weight is 517 g/mol. The zero-order chi connectivity index (χ0) is 26.0. The van der Waals surface area contributed by atoms with E-state index in [9.17, 15) is 30.8 Å². The Kier molecular flexibility index (Phi) is 7.93. The maximum Gasteiger partial charge on any atom is 0.433 e. The molecule has 0 radical (unpaired) electrons. The lowest BCUT2D eigenvalue weighted by molar-refractivity contribution is -0.141. The summed E-state index contributed by atoms with van der Waals surface area (Å²) in [4.78, 5) is 18.5. The lowest BCUT2D eigenvalue weighted by Crippen LogP contribution is -2.39. The Hall–Kier alpha value is -2.89. The number of anilines is 2. The Morgan fingerprint density at radius 2 is 1.94 bits per heavy atom. The monoisotopic (exact) mass is 516 g/mol. The van der Waals surface area contributed by atoms with Gasteiger partial charge in [0.1, 0.15) is 17.3 Å². The standard InChI is InChI=1S/C23H28F4N4O3S/c1-14-6-4-5-11-31(14)21-17(8-10-20(29-21)23(25,26)27)13-28-22(32)15(2)16-7-9-19(18(24)12-16)30-35(3,33)34/h7-10,12,14-15,30H,4-6,11,13H2,1-3H3,(H,28,32). The molecule has 2 heterocycles. The van der Waals surface area contributed by atoms with E-state index in [2.05, 4.69) is 15.0 Å². The molecule has 0 saturated carbocycles. The maximum absolute atomic E-state index is 14.3. The number of amides is 1. The smallest absolute Gasteiger partial charge is 0.354 e. The topological polar surface area (TPSA) is 91.4 Å². The van der Waals surface area contributed by atoms with E-state index >= 15 is 0 Å². The summed E-state index contributed by atoms with van der Waals surface area (Å²) in [5, 5.41) is 2.70. The van der Waals surface area contributed by atoms with Gasteiger partial charge in [-0.15, -0.1) is 0 Å². The number of rotatable bonds is 7. The predicted molar refractivity (Wildman–Crippen MR) is 125 cm³/mol. The van der Waals surface area contributed by atoms with E-state index in [0.717, 1.165) is 37.7 Å². The SMILES string of the molecule is CC(C(=O)NCc1ccc(C(F)(F)F)nc1N1CCCCC1C)c1ccc(NS(C)(=O)=O)c(F)c1. The average Bonchev–Trinajstić information content (AvgIpc) is 2.77. The third-order valence-corrected chi connectivity index (χ3v) is 6.55. The molecule has 1 aliphatic heterocycles. The maximum atomic E-state index is 14.3. The van der Waals surface area contributed by atoms with Crippen molar-refractivity contribution in [3.05, 3.63) is 53.0 Å². The highest BCUT2D eigenvalue weighted by atomic mass is 32.2. The third-order valence-electron chi connectivity index (χ3n) is 5.96. The molecule has 1 fully saturated rings. The van der Waals surface area contributed by atoms with E-state index in [1.54, 1.807) is 6.92 Å². The molecule has 1 amide bonds. The molecule has 35 heavy (non-hydrogen) atoms. The highest BCUT2D eigenvalue weighted by Crippen LogP contribution is 2.33. The second-order valence-electron chi connectivity index (χ2n) is 8.77. The number of carbonyl (C=O) groups is 1. The van der Waals surface area contributed by atoms with Crippen molar-refractivity contribution in [1.82, 2.24) is 10.3 Å². The van der Waals surface area contributed by atoms with Gasteiger partial charge in [-0.3, -0.25) is 9.52 Å². The van der Waals surface area contributed by atoms with Gasteiger partial charge in [-0.25, -0.2) is 17.8 Å². The van der Waals surface area contributed by atoms with E-state index in [4.69, 9.17) is 0 Å². The van der Waals surface area contributed by atoms with E-state index in [1.807, 2.05) is 11.8 Å². The molecule has 7 nitrogen and oxygen atoms in total. The molecule has 1 aromatic heterocycles. The van der Waals surface area contributed by atoms with E-state index < -0.39 is 39.5 Å². The van der Waals surface area contributed by atoms with Crippen molar-refractivity contribution in [3.8, 4) is 0 Å². The minimum atomic E-state index is -4.59. The van der Waals surface area contributed by atoms with Crippen LogP contribution in [0, 0.1) is 5.82 Å². The molecule has 1 aliphatic rings. The Labute approximate surface area is 202 Å². The fourth-order valence-corrected chi connectivity index (χ4v) is 4.57. The minimum Gasteiger partial charge on any atom is -0.354 e. The molecule has 12 heteroatoms. The summed E-state index contributed by atoms with van der Waals surface area (Å²) in [5.41, 5.74) is -0.465. The molecule has 0 spiro atoms. The zero-order valence-corrected chi connectivity index (χ0v) is 20.4. The van der Waals surface area contributed by atoms with Crippen molar-refractivity contribution in [2.75, 3.05) is 22.4 Å². The fraction of sp³-hybridized carbons (Fsp3) is 0.478. The van der Waals surface area contributed by atoms with E-state index in [1.165, 1.54) is 18.2 Å². The van der Waals surface area contributed by atoms with Crippen LogP contribution in [0.25, 0.3) is 0 Å². The summed E-state index contributed by atoms with van der Waals surface area (Å²) in [6.45, 7) is 4.00. The molecule has 192 valence electrons. The number of alkyl halides is 3. The first-order valence-corrected chi connectivity index (χ1v) is 13.0. The molecule has 1 aromatic carbocycles. The number of nitrogens with zero attached hydrogens (tertiary/aromatic N) is 2. The second kappa shape index (κ2) is 10.4. The van der Waals surface area contributed by atoms with Gasteiger partial charge in [-0.1, -0.05) is 12.1 Å². The lowest BCUT2D eigenvalue weighted by atomic mass is 9.99. The molecule has 2 N–H and O–H groups in total. The normalized spacial score (nSPS) is 17.7. The molecule has 1 saturated heterocycles. The molecular weight excluding hydrogens is 488 g/mol. The van der Waals surface area contributed by atoms with Gasteiger partial charge in [0, 0.05) is 24.7 Å². The first-order valence-electron chi connectivity index (χ1n) is 11.1. The fourth-order valence-electron chi connectivity index (χ4n) is 4.00. The second-order valence-corrected chi connectivity index (χ2v) is 10.5. The summed E-state index contributed by atoms with van der Waals surface area (Å²) in [6, 6.07) is 5.95. The van der Waals surface area contributed by atoms with Crippen LogP contribution >= 0.6 is 0 Å². The lowest BCUT2D eigenvalue weighted by Gasteiger charge is -2.36. The Morgan fingerprint density at radius 1 is 1.23 bits per heavy atom. The Bertz CT molecular complexity index is 1190. The summed E-state index contributed by atoms with van der Waals surface area (Å²) in [5.74, 6) is -1.90. The number of benzene rings is 1. The van der Waals surface area contributed by atoms with Gasteiger partial charge in [0.25, 0.3) is 0 Å². The number of aromatic nitrogens is 1. The summed E-state index contributed by atoms with van der Waals surface area (Å²) < 4.78 is 78.9. The van der Waals surface area contributed by atoms with Crippen LogP contribution in [-0.4, -0.2) is 38.2 Å². The molecule has 2 atom stereocenters. The number of carbonyl (C=O) groups excluding carboxylic acids is 1. The van der Waals surface area contributed by atoms with Gasteiger partial charge in [0.15, 0.2) is 0 Å². The molecular formula is C23H28F4N4O3S. The zero-order valence-electron chi connectivity index (χ0n) is 19.6. The van der Waals surface area contributed by atoms with Gasteiger partial charge in [0.2, 0.25) is 15.9 Å². The third kappa shape index (κ3) is 6.83. The number of pyridine rings is 1. The van der Waals surface area contributed by atoms with Gasteiger partial charge < -0.3 is 10.2 Å². The van der Waals surface area contributed by atoms with Crippen LogP contribution in [-0.2, 0) is 27.5 Å². The van der Waals surface area contributed by atoms with Crippen molar-refractivity contribution in [1.29, 1.82) is 0 Å². The Morgan fingerprint density at radius 3 is 2.54 bits per heavy atom. The first-order chi connectivity index (χ1) is 16.3. The van der Waals surface area contributed by atoms with Crippen LogP contribution in [0.15, 0.2) is 30.3 Å². The van der Waals surface area contributed by atoms with Crippen molar-refractivity contribution in [3.63, 3.8) is 0 Å². The van der Waals surface area contributed by atoms with Crippen molar-refractivity contribution in [2.45, 2.75) is 57.8 Å². The molecule has 2 aromatic rings. The number of piperidine rings is 1. The van der Waals surface area contributed by atoms with E-state index in [0.29, 0.717) is 17.7 Å². The van der Waals surface area contributed by atoms with Crippen LogP contribution in [0.3, 0.4) is 0 Å². The molecule has 0 aliphatic carbocycles. The van der Waals surface area contributed by atoms with Gasteiger partial charge >= 0.3 is 6.18 Å². The summed E-state index contributed by atoms with van der Waals surface area (Å²) in [7, 11) is -3.67. The number of hydrogen-bond donors (Lipinski definition) is 2. The Balaban J connectivity index is 1.78. The highest BCUT2D eigenvalue weighted by molar-refractivity contribution is 7.92. The first kappa shape index (κ1) is 26.7. The van der Waals surface area contributed by atoms with Crippen molar-refractivity contribution < 1.29 is 30.8 Å². The summed E-state index contributed by atoms with van der Waals surface area (Å²) in [6.07, 6.45) is -1.05.